The molecule has 2 aromatic carbocycles. The van der Waals surface area contributed by atoms with E-state index in [1.54, 1.807) is 24.3 Å². The summed E-state index contributed by atoms with van der Waals surface area (Å²) in [5.41, 5.74) is 0.991. The van der Waals surface area contributed by atoms with Gasteiger partial charge in [0, 0.05) is 36.6 Å². The van der Waals surface area contributed by atoms with E-state index in [0.717, 1.165) is 29.8 Å². The van der Waals surface area contributed by atoms with Crippen LogP contribution in [0.4, 0.5) is 5.82 Å². The Morgan fingerprint density at radius 3 is 2.48 bits per heavy atom. The molecule has 0 unspecified atom stereocenters. The van der Waals surface area contributed by atoms with E-state index in [4.69, 9.17) is 21.3 Å². The van der Waals surface area contributed by atoms with Crippen LogP contribution in [0.5, 0.6) is 5.75 Å². The highest BCUT2D eigenvalue weighted by Gasteiger charge is 2.22. The molecule has 0 atom stereocenters. The predicted molar refractivity (Wildman–Crippen MR) is 107 cm³/mol. The first kappa shape index (κ1) is 17.6. The Morgan fingerprint density at radius 2 is 1.70 bits per heavy atom. The van der Waals surface area contributed by atoms with E-state index in [1.165, 1.54) is 0 Å². The highest BCUT2D eigenvalue weighted by atomic mass is 35.5. The van der Waals surface area contributed by atoms with Crippen LogP contribution in [-0.4, -0.2) is 48.6 Å². The Bertz CT molecular complexity index is 938. The summed E-state index contributed by atoms with van der Waals surface area (Å²) in [6.45, 7) is 2.89. The van der Waals surface area contributed by atoms with Gasteiger partial charge >= 0.3 is 0 Å². The monoisotopic (exact) mass is 381 g/mol. The summed E-state index contributed by atoms with van der Waals surface area (Å²) in [6.07, 6.45) is 0. The van der Waals surface area contributed by atoms with Crippen LogP contribution in [-0.2, 0) is 4.79 Å². The van der Waals surface area contributed by atoms with Gasteiger partial charge in [-0.15, -0.1) is 0 Å². The number of pyridine rings is 1. The SMILES string of the molecule is O=C(COc1ccc(Cl)cc1)N1CCN(c2ccc3ccccc3n2)CC1. The van der Waals surface area contributed by atoms with E-state index in [1.807, 2.05) is 29.2 Å². The fourth-order valence-electron chi connectivity index (χ4n) is 3.18. The zero-order valence-electron chi connectivity index (χ0n) is 14.8. The Kier molecular flexibility index (Phi) is 5.12. The summed E-state index contributed by atoms with van der Waals surface area (Å²) >= 11 is 5.85. The maximum absolute atomic E-state index is 12.4. The van der Waals surface area contributed by atoms with E-state index in [0.29, 0.717) is 23.9 Å². The number of hydrogen-bond donors (Lipinski definition) is 0. The third kappa shape index (κ3) is 4.14. The Hall–Kier alpha value is -2.79. The van der Waals surface area contributed by atoms with Crippen LogP contribution in [0.15, 0.2) is 60.7 Å². The lowest BCUT2D eigenvalue weighted by molar-refractivity contribution is -0.133. The van der Waals surface area contributed by atoms with Gasteiger partial charge in [-0.25, -0.2) is 4.98 Å². The fraction of sp³-hybridized carbons (Fsp3) is 0.238. The summed E-state index contributed by atoms with van der Waals surface area (Å²) in [7, 11) is 0. The fourth-order valence-corrected chi connectivity index (χ4v) is 3.31. The normalized spacial score (nSPS) is 14.4. The minimum Gasteiger partial charge on any atom is -0.484 e. The molecule has 4 rings (SSSR count). The second kappa shape index (κ2) is 7.84. The standard InChI is InChI=1S/C21H20ClN3O2/c22-17-6-8-18(9-7-17)27-15-21(26)25-13-11-24(12-14-25)20-10-5-16-3-1-2-4-19(16)23-20/h1-10H,11-15H2. The van der Waals surface area contributed by atoms with Gasteiger partial charge in [0.15, 0.2) is 6.61 Å². The number of hydrogen-bond acceptors (Lipinski definition) is 4. The van der Waals surface area contributed by atoms with Gasteiger partial charge in [0.1, 0.15) is 11.6 Å². The lowest BCUT2D eigenvalue weighted by atomic mass is 10.2. The number of fused-ring (bicyclic) bond motifs is 1. The molecule has 1 fully saturated rings. The van der Waals surface area contributed by atoms with Crippen LogP contribution in [0.1, 0.15) is 0 Å². The topological polar surface area (TPSA) is 45.7 Å². The first-order valence-corrected chi connectivity index (χ1v) is 9.34. The predicted octanol–water partition coefficient (Wildman–Crippen LogP) is 3.62. The molecule has 1 amide bonds. The van der Waals surface area contributed by atoms with Crippen molar-refractivity contribution >= 4 is 34.2 Å². The number of amides is 1. The molecular weight excluding hydrogens is 362 g/mol. The molecule has 27 heavy (non-hydrogen) atoms. The van der Waals surface area contributed by atoms with E-state index < -0.39 is 0 Å². The molecule has 1 aliphatic rings. The molecule has 1 saturated heterocycles. The lowest BCUT2D eigenvalue weighted by Crippen LogP contribution is -2.50. The summed E-state index contributed by atoms with van der Waals surface area (Å²) in [5.74, 6) is 1.60. The summed E-state index contributed by atoms with van der Waals surface area (Å²) in [6, 6.07) is 19.2. The van der Waals surface area contributed by atoms with Crippen LogP contribution < -0.4 is 9.64 Å². The van der Waals surface area contributed by atoms with Crippen LogP contribution >= 0.6 is 11.6 Å². The molecule has 1 aliphatic heterocycles. The second-order valence-electron chi connectivity index (χ2n) is 6.47. The van der Waals surface area contributed by atoms with Crippen molar-refractivity contribution in [2.45, 2.75) is 0 Å². The summed E-state index contributed by atoms with van der Waals surface area (Å²) in [5, 5.41) is 1.78. The summed E-state index contributed by atoms with van der Waals surface area (Å²) in [4.78, 5) is 21.2. The van der Waals surface area contributed by atoms with Gasteiger partial charge in [0.25, 0.3) is 5.91 Å². The molecule has 138 valence electrons. The number of ether oxygens (including phenoxy) is 1. The average molecular weight is 382 g/mol. The molecule has 0 N–H and O–H groups in total. The number of nitrogens with zero attached hydrogens (tertiary/aromatic N) is 3. The smallest absolute Gasteiger partial charge is 0.260 e. The van der Waals surface area contributed by atoms with Crippen LogP contribution in [0, 0.1) is 0 Å². The van der Waals surface area contributed by atoms with Crippen molar-refractivity contribution in [3.63, 3.8) is 0 Å². The molecule has 1 aromatic heterocycles. The quantitative estimate of drug-likeness (QED) is 0.692. The Morgan fingerprint density at radius 1 is 0.963 bits per heavy atom. The molecule has 6 heteroatoms. The number of aromatic nitrogens is 1. The van der Waals surface area contributed by atoms with E-state index in [2.05, 4.69) is 17.0 Å². The average Bonchev–Trinajstić information content (AvgIpc) is 2.73. The minimum atomic E-state index is -0.00364. The lowest BCUT2D eigenvalue weighted by Gasteiger charge is -2.35. The molecular formula is C21H20ClN3O2. The number of para-hydroxylation sites is 1. The van der Waals surface area contributed by atoms with Gasteiger partial charge in [-0.2, -0.15) is 0 Å². The Balaban J connectivity index is 1.32. The minimum absolute atomic E-state index is 0.00364. The number of anilines is 1. The molecule has 0 saturated carbocycles. The van der Waals surface area contributed by atoms with Crippen LogP contribution in [0.3, 0.4) is 0 Å². The molecule has 3 aromatic rings. The third-order valence-electron chi connectivity index (χ3n) is 4.72. The van der Waals surface area contributed by atoms with E-state index in [-0.39, 0.29) is 12.5 Å². The van der Waals surface area contributed by atoms with Gasteiger partial charge in [0.05, 0.1) is 5.52 Å². The highest BCUT2D eigenvalue weighted by Crippen LogP contribution is 2.19. The molecule has 0 aliphatic carbocycles. The second-order valence-corrected chi connectivity index (χ2v) is 6.91. The van der Waals surface area contributed by atoms with Crippen molar-refractivity contribution in [2.75, 3.05) is 37.7 Å². The number of rotatable bonds is 4. The van der Waals surface area contributed by atoms with Crippen molar-refractivity contribution < 1.29 is 9.53 Å². The molecule has 0 radical (unpaired) electrons. The van der Waals surface area contributed by atoms with Crippen LogP contribution in [0.2, 0.25) is 5.02 Å². The number of benzene rings is 2. The van der Waals surface area contributed by atoms with Crippen molar-refractivity contribution in [1.29, 1.82) is 0 Å². The zero-order valence-corrected chi connectivity index (χ0v) is 15.6. The molecule has 0 bridgehead atoms. The zero-order chi connectivity index (χ0) is 18.6. The molecule has 2 heterocycles. The van der Waals surface area contributed by atoms with Crippen molar-refractivity contribution in [3.8, 4) is 5.75 Å². The van der Waals surface area contributed by atoms with E-state index in [9.17, 15) is 4.79 Å². The number of piperazine rings is 1. The maximum Gasteiger partial charge on any atom is 0.260 e. The third-order valence-corrected chi connectivity index (χ3v) is 4.97. The molecule has 5 nitrogen and oxygen atoms in total. The largest absolute Gasteiger partial charge is 0.484 e. The number of carbonyl (C=O) groups is 1. The van der Waals surface area contributed by atoms with Crippen molar-refractivity contribution in [1.82, 2.24) is 9.88 Å². The van der Waals surface area contributed by atoms with Gasteiger partial charge in [-0.05, 0) is 42.5 Å². The van der Waals surface area contributed by atoms with Gasteiger partial charge in [0.2, 0.25) is 0 Å². The summed E-state index contributed by atoms with van der Waals surface area (Å²) < 4.78 is 5.56. The number of carbonyl (C=O) groups excluding carboxylic acids is 1. The van der Waals surface area contributed by atoms with Gasteiger partial charge in [-0.3, -0.25) is 4.79 Å². The first-order valence-electron chi connectivity index (χ1n) is 8.96. The van der Waals surface area contributed by atoms with Crippen molar-refractivity contribution in [2.24, 2.45) is 0 Å². The van der Waals surface area contributed by atoms with Gasteiger partial charge < -0.3 is 14.5 Å². The van der Waals surface area contributed by atoms with Crippen molar-refractivity contribution in [3.05, 3.63) is 65.7 Å². The highest BCUT2D eigenvalue weighted by molar-refractivity contribution is 6.30. The maximum atomic E-state index is 12.4. The van der Waals surface area contributed by atoms with Gasteiger partial charge in [-0.1, -0.05) is 29.8 Å². The molecule has 0 spiro atoms. The van der Waals surface area contributed by atoms with E-state index >= 15 is 0 Å². The first-order chi connectivity index (χ1) is 13.2. The Labute approximate surface area is 163 Å². The number of halogens is 1. The van der Waals surface area contributed by atoms with Crippen LogP contribution in [0.25, 0.3) is 10.9 Å².